The van der Waals surface area contributed by atoms with Gasteiger partial charge in [-0.05, 0) is 25.8 Å². The second-order valence-corrected chi connectivity index (χ2v) is 3.78. The van der Waals surface area contributed by atoms with Gasteiger partial charge in [0.25, 0.3) is 0 Å². The van der Waals surface area contributed by atoms with Crippen molar-refractivity contribution in [2.45, 2.75) is 33.7 Å². The highest BCUT2D eigenvalue weighted by Crippen LogP contribution is 2.21. The first-order chi connectivity index (χ1) is 6.74. The van der Waals surface area contributed by atoms with Gasteiger partial charge < -0.3 is 0 Å². The van der Waals surface area contributed by atoms with Crippen LogP contribution in [0.1, 0.15) is 24.6 Å². The molecule has 14 heavy (non-hydrogen) atoms. The average molecular weight is 188 g/mol. The minimum absolute atomic E-state index is 1.01. The summed E-state index contributed by atoms with van der Waals surface area (Å²) in [6.45, 7) is 7.42. The Labute approximate surface area is 84.5 Å². The molecule has 0 saturated heterocycles. The molecule has 0 unspecified atom stereocenters. The van der Waals surface area contributed by atoms with Crippen LogP contribution in [0, 0.1) is 13.8 Å². The van der Waals surface area contributed by atoms with Crippen LogP contribution in [0.4, 0.5) is 0 Å². The molecule has 0 aliphatic carbocycles. The maximum absolute atomic E-state index is 4.56. The van der Waals surface area contributed by atoms with Crippen LogP contribution in [0.3, 0.4) is 0 Å². The Morgan fingerprint density at radius 1 is 1.29 bits per heavy atom. The molecule has 2 rings (SSSR count). The Hall–Kier alpha value is -1.31. The van der Waals surface area contributed by atoms with Crippen LogP contribution in [0.25, 0.3) is 10.9 Å². The number of nitrogens with zero attached hydrogens (tertiary/aromatic N) is 2. The second-order valence-electron chi connectivity index (χ2n) is 3.78. The Kier molecular flexibility index (Phi) is 2.28. The topological polar surface area (TPSA) is 17.8 Å². The summed E-state index contributed by atoms with van der Waals surface area (Å²) < 4.78 is 2.12. The van der Waals surface area contributed by atoms with Crippen molar-refractivity contribution in [1.82, 2.24) is 9.78 Å². The summed E-state index contributed by atoms with van der Waals surface area (Å²) in [7, 11) is 0. The largest absolute Gasteiger partial charge is 0.264 e. The van der Waals surface area contributed by atoms with Crippen molar-refractivity contribution in [3.63, 3.8) is 0 Å². The molecule has 2 heteroatoms. The van der Waals surface area contributed by atoms with E-state index in [9.17, 15) is 0 Å². The first-order valence-electron chi connectivity index (χ1n) is 5.16. The number of hydrogen-bond donors (Lipinski definition) is 0. The molecule has 0 saturated carbocycles. The number of aryl methyl sites for hydroxylation is 3. The molecule has 1 aromatic carbocycles. The lowest BCUT2D eigenvalue weighted by atomic mass is 10.1. The number of aromatic nitrogens is 2. The monoisotopic (exact) mass is 188 g/mol. The summed E-state index contributed by atoms with van der Waals surface area (Å²) in [5, 5.41) is 5.85. The number of hydrogen-bond acceptors (Lipinski definition) is 1. The lowest BCUT2D eigenvalue weighted by Gasteiger charge is -2.02. The minimum atomic E-state index is 1.01. The van der Waals surface area contributed by atoms with Crippen molar-refractivity contribution in [2.75, 3.05) is 0 Å². The van der Waals surface area contributed by atoms with Crippen molar-refractivity contribution < 1.29 is 0 Å². The maximum Gasteiger partial charge on any atom is 0.0714 e. The van der Waals surface area contributed by atoms with Gasteiger partial charge in [0, 0.05) is 11.9 Å². The smallest absolute Gasteiger partial charge is 0.0714 e. The van der Waals surface area contributed by atoms with E-state index in [2.05, 4.69) is 48.8 Å². The minimum Gasteiger partial charge on any atom is -0.264 e. The molecular weight excluding hydrogens is 172 g/mol. The van der Waals surface area contributed by atoms with Gasteiger partial charge >= 0.3 is 0 Å². The third kappa shape index (κ3) is 1.31. The summed E-state index contributed by atoms with van der Waals surface area (Å²) in [6.07, 6.45) is 1.13. The van der Waals surface area contributed by atoms with E-state index in [1.807, 2.05) is 0 Å². The standard InChI is InChI=1S/C12H16N2/c1-4-8-14-12-9(2)6-5-7-11(12)10(3)13-14/h5-7H,4,8H2,1-3H3. The van der Waals surface area contributed by atoms with Gasteiger partial charge in [0.2, 0.25) is 0 Å². The van der Waals surface area contributed by atoms with E-state index in [4.69, 9.17) is 0 Å². The van der Waals surface area contributed by atoms with E-state index in [1.54, 1.807) is 0 Å². The average Bonchev–Trinajstić information content (AvgIpc) is 2.46. The number of fused-ring (bicyclic) bond motifs is 1. The highest BCUT2D eigenvalue weighted by atomic mass is 15.3. The molecule has 1 aromatic heterocycles. The molecule has 2 nitrogen and oxygen atoms in total. The van der Waals surface area contributed by atoms with Crippen LogP contribution >= 0.6 is 0 Å². The fourth-order valence-corrected chi connectivity index (χ4v) is 1.95. The number of benzene rings is 1. The molecule has 0 N–H and O–H groups in total. The molecule has 74 valence electrons. The van der Waals surface area contributed by atoms with E-state index in [0.29, 0.717) is 0 Å². The zero-order valence-corrected chi connectivity index (χ0v) is 9.04. The summed E-state index contributed by atoms with van der Waals surface area (Å²) in [5.41, 5.74) is 3.75. The van der Waals surface area contributed by atoms with Gasteiger partial charge in [-0.15, -0.1) is 0 Å². The number of rotatable bonds is 2. The molecule has 0 amide bonds. The molecule has 0 bridgehead atoms. The zero-order valence-electron chi connectivity index (χ0n) is 9.04. The van der Waals surface area contributed by atoms with Crippen molar-refractivity contribution in [2.24, 2.45) is 0 Å². The normalized spacial score (nSPS) is 11.1. The van der Waals surface area contributed by atoms with Crippen LogP contribution in [-0.4, -0.2) is 9.78 Å². The van der Waals surface area contributed by atoms with Gasteiger partial charge in [0.05, 0.1) is 11.2 Å². The third-order valence-electron chi connectivity index (χ3n) is 2.59. The van der Waals surface area contributed by atoms with Crippen LogP contribution in [0.5, 0.6) is 0 Å². The molecule has 0 fully saturated rings. The van der Waals surface area contributed by atoms with Gasteiger partial charge in [-0.25, -0.2) is 0 Å². The fourth-order valence-electron chi connectivity index (χ4n) is 1.95. The highest BCUT2D eigenvalue weighted by Gasteiger charge is 2.07. The van der Waals surface area contributed by atoms with Gasteiger partial charge in [-0.2, -0.15) is 5.10 Å². The van der Waals surface area contributed by atoms with Crippen LogP contribution in [-0.2, 0) is 6.54 Å². The second kappa shape index (κ2) is 3.45. The van der Waals surface area contributed by atoms with Crippen LogP contribution < -0.4 is 0 Å². The van der Waals surface area contributed by atoms with E-state index >= 15 is 0 Å². The van der Waals surface area contributed by atoms with Crippen LogP contribution in [0.2, 0.25) is 0 Å². The van der Waals surface area contributed by atoms with E-state index in [1.165, 1.54) is 16.5 Å². The van der Waals surface area contributed by atoms with Crippen LogP contribution in [0.15, 0.2) is 18.2 Å². The lowest BCUT2D eigenvalue weighted by Crippen LogP contribution is -1.99. The van der Waals surface area contributed by atoms with Crippen molar-refractivity contribution in [3.05, 3.63) is 29.5 Å². The molecule has 0 radical (unpaired) electrons. The fraction of sp³-hybridized carbons (Fsp3) is 0.417. The molecule has 1 heterocycles. The summed E-state index contributed by atoms with van der Waals surface area (Å²) in [6, 6.07) is 6.40. The molecule has 0 atom stereocenters. The van der Waals surface area contributed by atoms with Gasteiger partial charge in [-0.3, -0.25) is 4.68 Å². The molecular formula is C12H16N2. The van der Waals surface area contributed by atoms with Crippen molar-refractivity contribution in [1.29, 1.82) is 0 Å². The van der Waals surface area contributed by atoms with Crippen molar-refractivity contribution >= 4 is 10.9 Å². The first kappa shape index (κ1) is 9.25. The summed E-state index contributed by atoms with van der Waals surface area (Å²) >= 11 is 0. The number of para-hydroxylation sites is 1. The third-order valence-corrected chi connectivity index (χ3v) is 2.59. The first-order valence-corrected chi connectivity index (χ1v) is 5.16. The zero-order chi connectivity index (χ0) is 10.1. The Morgan fingerprint density at radius 2 is 2.07 bits per heavy atom. The lowest BCUT2D eigenvalue weighted by molar-refractivity contribution is 0.616. The van der Waals surface area contributed by atoms with Crippen molar-refractivity contribution in [3.8, 4) is 0 Å². The van der Waals surface area contributed by atoms with Gasteiger partial charge in [-0.1, -0.05) is 25.1 Å². The maximum atomic E-state index is 4.56. The Balaban J connectivity index is 2.72. The molecule has 0 aliphatic rings. The molecule has 2 aromatic rings. The Morgan fingerprint density at radius 3 is 2.79 bits per heavy atom. The molecule has 0 spiro atoms. The SMILES string of the molecule is CCCn1nc(C)c2cccc(C)c21. The predicted molar refractivity (Wildman–Crippen MR) is 59.5 cm³/mol. The molecule has 0 aliphatic heterocycles. The quantitative estimate of drug-likeness (QED) is 0.708. The summed E-state index contributed by atoms with van der Waals surface area (Å²) in [5.74, 6) is 0. The van der Waals surface area contributed by atoms with E-state index < -0.39 is 0 Å². The summed E-state index contributed by atoms with van der Waals surface area (Å²) in [4.78, 5) is 0. The Bertz CT molecular complexity index is 455. The van der Waals surface area contributed by atoms with E-state index in [-0.39, 0.29) is 0 Å². The van der Waals surface area contributed by atoms with E-state index in [0.717, 1.165) is 18.7 Å². The van der Waals surface area contributed by atoms with Gasteiger partial charge in [0.15, 0.2) is 0 Å². The predicted octanol–water partition coefficient (Wildman–Crippen LogP) is 3.06. The van der Waals surface area contributed by atoms with Gasteiger partial charge in [0.1, 0.15) is 0 Å². The highest BCUT2D eigenvalue weighted by molar-refractivity contribution is 5.84.